The summed E-state index contributed by atoms with van der Waals surface area (Å²) in [7, 11) is 0. The lowest BCUT2D eigenvalue weighted by Gasteiger charge is -2.13. The number of rotatable bonds is 5. The van der Waals surface area contributed by atoms with E-state index in [1.165, 1.54) is 71.1 Å². The van der Waals surface area contributed by atoms with E-state index >= 15 is 0 Å². The SMILES string of the molecule is CCCCCCC1=C/c2c(ccc3c2Cc2ccccc2-3)/C=C/C=C\1. The monoisotopic (exact) mass is 326 g/mol. The Morgan fingerprint density at radius 3 is 2.64 bits per heavy atom. The maximum Gasteiger partial charge on any atom is -0.000728 e. The van der Waals surface area contributed by atoms with Crippen LogP contribution < -0.4 is 0 Å². The van der Waals surface area contributed by atoms with E-state index in [-0.39, 0.29) is 0 Å². The molecule has 0 radical (unpaired) electrons. The Hall–Kier alpha value is -2.34. The van der Waals surface area contributed by atoms with E-state index < -0.39 is 0 Å². The summed E-state index contributed by atoms with van der Waals surface area (Å²) < 4.78 is 0. The second kappa shape index (κ2) is 7.27. The fourth-order valence-corrected chi connectivity index (χ4v) is 4.05. The summed E-state index contributed by atoms with van der Waals surface area (Å²) in [5.41, 5.74) is 10.1. The van der Waals surface area contributed by atoms with Crippen LogP contribution in [0.5, 0.6) is 0 Å². The van der Waals surface area contributed by atoms with Crippen LogP contribution in [0.15, 0.2) is 60.2 Å². The van der Waals surface area contributed by atoms with Gasteiger partial charge in [0.1, 0.15) is 0 Å². The van der Waals surface area contributed by atoms with Gasteiger partial charge in [-0.05, 0) is 58.2 Å². The van der Waals surface area contributed by atoms with Crippen molar-refractivity contribution in [2.45, 2.75) is 45.4 Å². The molecule has 2 aromatic carbocycles. The zero-order valence-corrected chi connectivity index (χ0v) is 15.1. The minimum absolute atomic E-state index is 1.06. The summed E-state index contributed by atoms with van der Waals surface area (Å²) in [5, 5.41) is 0. The number of benzene rings is 2. The van der Waals surface area contributed by atoms with Crippen LogP contribution in [-0.4, -0.2) is 0 Å². The molecule has 0 saturated heterocycles. The molecular weight excluding hydrogens is 300 g/mol. The molecule has 2 aromatic rings. The van der Waals surface area contributed by atoms with E-state index in [4.69, 9.17) is 0 Å². The number of unbranched alkanes of at least 4 members (excludes halogenated alkanes) is 3. The van der Waals surface area contributed by atoms with Crippen LogP contribution >= 0.6 is 0 Å². The van der Waals surface area contributed by atoms with Crippen molar-refractivity contribution in [3.63, 3.8) is 0 Å². The Morgan fingerprint density at radius 1 is 0.840 bits per heavy atom. The number of hydrogen-bond acceptors (Lipinski definition) is 0. The fourth-order valence-electron chi connectivity index (χ4n) is 4.05. The van der Waals surface area contributed by atoms with E-state index in [2.05, 4.69) is 73.7 Å². The Morgan fingerprint density at radius 2 is 1.72 bits per heavy atom. The van der Waals surface area contributed by atoms with Gasteiger partial charge in [0.05, 0.1) is 0 Å². The summed E-state index contributed by atoms with van der Waals surface area (Å²) in [6, 6.07) is 13.5. The van der Waals surface area contributed by atoms with E-state index in [1.54, 1.807) is 0 Å². The molecule has 0 bridgehead atoms. The standard InChI is InChI=1S/C25H26/c1-2-3-4-5-10-19-11-6-7-12-20-15-16-23-22-14-9-8-13-21(22)18-25(23)24(20)17-19/h6-9,11-17H,2-5,10,18H2,1H3/b7-6?,11-6-,12-7+,19-11?,19-17-,20-12?,24-17?. The van der Waals surface area contributed by atoms with Crippen molar-refractivity contribution in [3.05, 3.63) is 82.5 Å². The maximum absolute atomic E-state index is 2.45. The van der Waals surface area contributed by atoms with Gasteiger partial charge in [-0.2, -0.15) is 0 Å². The molecule has 0 unspecified atom stereocenters. The third kappa shape index (κ3) is 3.26. The van der Waals surface area contributed by atoms with Gasteiger partial charge in [-0.1, -0.05) is 93.0 Å². The van der Waals surface area contributed by atoms with Gasteiger partial charge in [-0.25, -0.2) is 0 Å². The highest BCUT2D eigenvalue weighted by atomic mass is 14.2. The van der Waals surface area contributed by atoms with Gasteiger partial charge in [0, 0.05) is 0 Å². The molecule has 126 valence electrons. The molecule has 0 aliphatic heterocycles. The Kier molecular flexibility index (Phi) is 4.70. The zero-order valence-electron chi connectivity index (χ0n) is 15.1. The first kappa shape index (κ1) is 16.1. The molecule has 0 N–H and O–H groups in total. The Labute approximate surface area is 151 Å². The van der Waals surface area contributed by atoms with Gasteiger partial charge in [0.2, 0.25) is 0 Å². The summed E-state index contributed by atoms with van der Waals surface area (Å²) >= 11 is 0. The highest BCUT2D eigenvalue weighted by Crippen LogP contribution is 2.40. The highest BCUT2D eigenvalue weighted by molar-refractivity contribution is 5.85. The van der Waals surface area contributed by atoms with Crippen LogP contribution in [0.3, 0.4) is 0 Å². The van der Waals surface area contributed by atoms with Crippen molar-refractivity contribution in [3.8, 4) is 11.1 Å². The summed E-state index contributed by atoms with van der Waals surface area (Å²) in [5.74, 6) is 0. The molecule has 0 saturated carbocycles. The molecule has 25 heavy (non-hydrogen) atoms. The second-order valence-corrected chi connectivity index (χ2v) is 7.18. The van der Waals surface area contributed by atoms with Crippen LogP contribution in [-0.2, 0) is 6.42 Å². The topological polar surface area (TPSA) is 0 Å². The molecule has 0 amide bonds. The van der Waals surface area contributed by atoms with Crippen molar-refractivity contribution < 1.29 is 0 Å². The molecular formula is C25H26. The van der Waals surface area contributed by atoms with Crippen molar-refractivity contribution in [2.24, 2.45) is 0 Å². The zero-order chi connectivity index (χ0) is 17.1. The van der Waals surface area contributed by atoms with Gasteiger partial charge >= 0.3 is 0 Å². The number of allylic oxidation sites excluding steroid dienone is 4. The third-order valence-electron chi connectivity index (χ3n) is 5.41. The predicted octanol–water partition coefficient (Wildman–Crippen LogP) is 7.19. The normalized spacial score (nSPS) is 19.0. The molecule has 2 aliphatic carbocycles. The lowest BCUT2D eigenvalue weighted by Crippen LogP contribution is -1.94. The lowest BCUT2D eigenvalue weighted by atomic mass is 9.92. The van der Waals surface area contributed by atoms with Gasteiger partial charge in [-0.3, -0.25) is 0 Å². The van der Waals surface area contributed by atoms with Crippen molar-refractivity contribution in [1.29, 1.82) is 0 Å². The van der Waals surface area contributed by atoms with Crippen LogP contribution in [0, 0.1) is 0 Å². The van der Waals surface area contributed by atoms with Gasteiger partial charge in [0.15, 0.2) is 0 Å². The first-order valence-corrected chi connectivity index (χ1v) is 9.66. The van der Waals surface area contributed by atoms with Crippen molar-refractivity contribution in [1.82, 2.24) is 0 Å². The minimum Gasteiger partial charge on any atom is -0.0654 e. The Balaban J connectivity index is 1.71. The van der Waals surface area contributed by atoms with Gasteiger partial charge < -0.3 is 0 Å². The molecule has 4 rings (SSSR count). The van der Waals surface area contributed by atoms with Crippen molar-refractivity contribution >= 4 is 12.2 Å². The van der Waals surface area contributed by atoms with E-state index in [0.29, 0.717) is 0 Å². The molecule has 0 aromatic heterocycles. The first-order valence-electron chi connectivity index (χ1n) is 9.66. The maximum atomic E-state index is 2.45. The van der Waals surface area contributed by atoms with Crippen LogP contribution in [0.2, 0.25) is 0 Å². The average Bonchev–Trinajstić information content (AvgIpc) is 2.99. The smallest absolute Gasteiger partial charge is 0.000728 e. The lowest BCUT2D eigenvalue weighted by molar-refractivity contribution is 0.669. The molecule has 0 heteroatoms. The Bertz CT molecular complexity index is 862. The van der Waals surface area contributed by atoms with E-state index in [9.17, 15) is 0 Å². The first-order chi connectivity index (χ1) is 12.4. The van der Waals surface area contributed by atoms with Gasteiger partial charge in [-0.15, -0.1) is 0 Å². The van der Waals surface area contributed by atoms with E-state index in [0.717, 1.165) is 6.42 Å². The predicted molar refractivity (Wildman–Crippen MR) is 110 cm³/mol. The molecule has 0 fully saturated rings. The highest BCUT2D eigenvalue weighted by Gasteiger charge is 2.21. The quantitative estimate of drug-likeness (QED) is 0.435. The van der Waals surface area contributed by atoms with Crippen LogP contribution in [0.1, 0.15) is 61.3 Å². The summed E-state index contributed by atoms with van der Waals surface area (Å²) in [4.78, 5) is 0. The van der Waals surface area contributed by atoms with Crippen LogP contribution in [0.25, 0.3) is 23.3 Å². The molecule has 0 heterocycles. The minimum atomic E-state index is 1.06. The summed E-state index contributed by atoms with van der Waals surface area (Å²) in [6.45, 7) is 2.27. The largest absolute Gasteiger partial charge is 0.0654 e. The number of hydrogen-bond donors (Lipinski definition) is 0. The molecule has 2 aliphatic rings. The molecule has 0 spiro atoms. The molecule has 0 atom stereocenters. The second-order valence-electron chi connectivity index (χ2n) is 7.18. The van der Waals surface area contributed by atoms with E-state index in [1.807, 2.05) is 0 Å². The van der Waals surface area contributed by atoms with Crippen molar-refractivity contribution in [2.75, 3.05) is 0 Å². The van der Waals surface area contributed by atoms with Crippen LogP contribution in [0.4, 0.5) is 0 Å². The number of fused-ring (bicyclic) bond motifs is 5. The fraction of sp³-hybridized carbons (Fsp3) is 0.280. The summed E-state index contributed by atoms with van der Waals surface area (Å²) in [6.07, 6.45) is 18.9. The third-order valence-corrected chi connectivity index (χ3v) is 5.41. The van der Waals surface area contributed by atoms with Gasteiger partial charge in [0.25, 0.3) is 0 Å². The average molecular weight is 326 g/mol. The molecule has 0 nitrogen and oxygen atoms in total.